The van der Waals surface area contributed by atoms with E-state index in [1.807, 2.05) is 0 Å². The van der Waals surface area contributed by atoms with Crippen molar-refractivity contribution >= 4 is 5.82 Å². The molecule has 0 radical (unpaired) electrons. The second-order valence-corrected chi connectivity index (χ2v) is 2.82. The minimum absolute atomic E-state index is 0.123. The second kappa shape index (κ2) is 3.91. The molecule has 1 aromatic heterocycles. The predicted molar refractivity (Wildman–Crippen MR) is 54.0 cm³/mol. The van der Waals surface area contributed by atoms with Gasteiger partial charge < -0.3 is 19.6 Å². The molecule has 0 unspecified atom stereocenters. The number of aromatic nitrogens is 1. The van der Waals surface area contributed by atoms with Crippen molar-refractivity contribution in [3.8, 4) is 17.6 Å². The third kappa shape index (κ3) is 2.19. The van der Waals surface area contributed by atoms with Crippen LogP contribution in [0.4, 0.5) is 5.82 Å². The first-order valence-electron chi connectivity index (χ1n) is 4.31. The lowest BCUT2D eigenvalue weighted by Crippen LogP contribution is -1.87. The third-order valence-electron chi connectivity index (χ3n) is 1.77. The summed E-state index contributed by atoms with van der Waals surface area (Å²) in [7, 11) is 1.60. The Bertz CT molecular complexity index is 436. The SMILES string of the molecule is COc1ccc(Oc2nc(N)co2)cc1. The molecule has 5 heteroatoms. The molecule has 0 bridgehead atoms. The van der Waals surface area contributed by atoms with E-state index in [1.165, 1.54) is 6.26 Å². The Morgan fingerprint density at radius 2 is 1.87 bits per heavy atom. The van der Waals surface area contributed by atoms with Crippen LogP contribution in [0, 0.1) is 0 Å². The number of benzene rings is 1. The number of oxazole rings is 1. The summed E-state index contributed by atoms with van der Waals surface area (Å²) in [6.07, 6.45) is 1.44. The topological polar surface area (TPSA) is 70.5 Å². The molecule has 2 N–H and O–H groups in total. The summed E-state index contributed by atoms with van der Waals surface area (Å²) in [4.78, 5) is 3.81. The van der Waals surface area contributed by atoms with Gasteiger partial charge in [-0.25, -0.2) is 0 Å². The van der Waals surface area contributed by atoms with E-state index in [0.717, 1.165) is 5.75 Å². The fourth-order valence-electron chi connectivity index (χ4n) is 1.06. The van der Waals surface area contributed by atoms with Gasteiger partial charge in [-0.3, -0.25) is 0 Å². The number of anilines is 1. The van der Waals surface area contributed by atoms with E-state index in [-0.39, 0.29) is 6.08 Å². The van der Waals surface area contributed by atoms with E-state index < -0.39 is 0 Å². The molecule has 1 heterocycles. The average Bonchev–Trinajstić information content (AvgIpc) is 2.65. The van der Waals surface area contributed by atoms with Crippen molar-refractivity contribution in [3.63, 3.8) is 0 Å². The van der Waals surface area contributed by atoms with E-state index in [2.05, 4.69) is 4.98 Å². The molecule has 15 heavy (non-hydrogen) atoms. The molecule has 0 aliphatic carbocycles. The van der Waals surface area contributed by atoms with Gasteiger partial charge in [-0.1, -0.05) is 0 Å². The Kier molecular flexibility index (Phi) is 2.45. The van der Waals surface area contributed by atoms with Crippen LogP contribution in [0.2, 0.25) is 0 Å². The summed E-state index contributed by atoms with van der Waals surface area (Å²) in [6, 6.07) is 7.06. The van der Waals surface area contributed by atoms with Crippen molar-refractivity contribution in [1.29, 1.82) is 0 Å². The lowest BCUT2D eigenvalue weighted by Gasteiger charge is -2.01. The Morgan fingerprint density at radius 1 is 1.20 bits per heavy atom. The molecular formula is C10H10N2O3. The molecule has 2 rings (SSSR count). The van der Waals surface area contributed by atoms with Crippen LogP contribution in [0.25, 0.3) is 0 Å². The van der Waals surface area contributed by atoms with E-state index >= 15 is 0 Å². The summed E-state index contributed by atoms with van der Waals surface area (Å²) in [5, 5.41) is 0. The Balaban J connectivity index is 2.11. The van der Waals surface area contributed by atoms with Crippen LogP contribution in [-0.4, -0.2) is 12.1 Å². The van der Waals surface area contributed by atoms with Crippen LogP contribution in [0.5, 0.6) is 17.6 Å². The molecule has 0 saturated carbocycles. The van der Waals surface area contributed by atoms with Gasteiger partial charge in [-0.15, -0.1) is 0 Å². The van der Waals surface area contributed by atoms with Gasteiger partial charge in [0.05, 0.1) is 7.11 Å². The van der Waals surface area contributed by atoms with Crippen molar-refractivity contribution in [3.05, 3.63) is 30.5 Å². The Morgan fingerprint density at radius 3 is 2.40 bits per heavy atom. The maximum absolute atomic E-state index is 5.37. The summed E-state index contributed by atoms with van der Waals surface area (Å²) >= 11 is 0. The van der Waals surface area contributed by atoms with Crippen molar-refractivity contribution in [2.24, 2.45) is 0 Å². The van der Waals surface area contributed by atoms with Gasteiger partial charge in [-0.2, -0.15) is 4.98 Å². The number of nitrogens with zero attached hydrogens (tertiary/aromatic N) is 1. The summed E-state index contributed by atoms with van der Waals surface area (Å²) < 4.78 is 15.2. The van der Waals surface area contributed by atoms with E-state index in [9.17, 15) is 0 Å². The maximum Gasteiger partial charge on any atom is 0.401 e. The number of hydrogen-bond donors (Lipinski definition) is 1. The van der Waals surface area contributed by atoms with Crippen molar-refractivity contribution in [1.82, 2.24) is 4.98 Å². The Hall–Kier alpha value is -2.17. The first kappa shape index (κ1) is 9.39. The fourth-order valence-corrected chi connectivity index (χ4v) is 1.06. The highest BCUT2D eigenvalue weighted by Crippen LogP contribution is 2.23. The molecule has 0 aliphatic rings. The first-order chi connectivity index (χ1) is 7.28. The molecule has 78 valence electrons. The highest BCUT2D eigenvalue weighted by Gasteiger charge is 2.03. The Labute approximate surface area is 86.4 Å². The van der Waals surface area contributed by atoms with Gasteiger partial charge in [0.1, 0.15) is 17.8 Å². The van der Waals surface area contributed by atoms with Crippen molar-refractivity contribution < 1.29 is 13.9 Å². The minimum Gasteiger partial charge on any atom is -0.497 e. The molecule has 0 spiro atoms. The van der Waals surface area contributed by atoms with Gasteiger partial charge >= 0.3 is 6.08 Å². The van der Waals surface area contributed by atoms with E-state index in [0.29, 0.717) is 11.6 Å². The van der Waals surface area contributed by atoms with Gasteiger partial charge in [0.25, 0.3) is 0 Å². The third-order valence-corrected chi connectivity index (χ3v) is 1.77. The number of hydrogen-bond acceptors (Lipinski definition) is 5. The molecule has 0 amide bonds. The number of ether oxygens (including phenoxy) is 2. The zero-order valence-corrected chi connectivity index (χ0v) is 8.14. The summed E-state index contributed by atoms with van der Waals surface area (Å²) in [5.74, 6) is 1.66. The van der Waals surface area contributed by atoms with Crippen molar-refractivity contribution in [2.75, 3.05) is 12.8 Å². The normalized spacial score (nSPS) is 9.93. The number of methoxy groups -OCH3 is 1. The fraction of sp³-hybridized carbons (Fsp3) is 0.100. The predicted octanol–water partition coefficient (Wildman–Crippen LogP) is 2.06. The number of nitrogen functional groups attached to an aromatic ring is 1. The second-order valence-electron chi connectivity index (χ2n) is 2.82. The largest absolute Gasteiger partial charge is 0.497 e. The monoisotopic (exact) mass is 206 g/mol. The molecular weight excluding hydrogens is 196 g/mol. The van der Waals surface area contributed by atoms with Crippen LogP contribution in [0.15, 0.2) is 34.9 Å². The number of nitrogens with two attached hydrogens (primary N) is 1. The standard InChI is InChI=1S/C10H10N2O3/c1-13-7-2-4-8(5-3-7)15-10-12-9(11)6-14-10/h2-6H,11H2,1H3. The maximum atomic E-state index is 5.37. The van der Waals surface area contributed by atoms with Crippen LogP contribution < -0.4 is 15.2 Å². The zero-order chi connectivity index (χ0) is 10.7. The molecule has 0 aliphatic heterocycles. The molecule has 5 nitrogen and oxygen atoms in total. The minimum atomic E-state index is 0.123. The molecule has 0 fully saturated rings. The summed E-state index contributed by atoms with van der Waals surface area (Å²) in [5.41, 5.74) is 5.37. The lowest BCUT2D eigenvalue weighted by atomic mass is 10.3. The number of rotatable bonds is 3. The van der Waals surface area contributed by atoms with Gasteiger partial charge in [0.15, 0.2) is 5.82 Å². The van der Waals surface area contributed by atoms with Crippen LogP contribution in [0.3, 0.4) is 0 Å². The molecule has 0 atom stereocenters. The smallest absolute Gasteiger partial charge is 0.401 e. The molecule has 1 aromatic carbocycles. The molecule has 0 saturated heterocycles. The first-order valence-corrected chi connectivity index (χ1v) is 4.31. The summed E-state index contributed by atoms with van der Waals surface area (Å²) in [6.45, 7) is 0. The van der Waals surface area contributed by atoms with Gasteiger partial charge in [-0.05, 0) is 24.3 Å². The molecule has 2 aromatic rings. The zero-order valence-electron chi connectivity index (χ0n) is 8.14. The lowest BCUT2D eigenvalue weighted by molar-refractivity contribution is 0.330. The highest BCUT2D eigenvalue weighted by atomic mass is 16.6. The average molecular weight is 206 g/mol. The quantitative estimate of drug-likeness (QED) is 0.832. The van der Waals surface area contributed by atoms with Gasteiger partial charge in [0, 0.05) is 0 Å². The van der Waals surface area contributed by atoms with Crippen LogP contribution >= 0.6 is 0 Å². The van der Waals surface area contributed by atoms with Crippen LogP contribution in [-0.2, 0) is 0 Å². The van der Waals surface area contributed by atoms with Crippen LogP contribution in [0.1, 0.15) is 0 Å². The van der Waals surface area contributed by atoms with E-state index in [1.54, 1.807) is 31.4 Å². The van der Waals surface area contributed by atoms with E-state index in [4.69, 9.17) is 19.6 Å². The van der Waals surface area contributed by atoms with Gasteiger partial charge in [0.2, 0.25) is 0 Å². The van der Waals surface area contributed by atoms with Crippen molar-refractivity contribution in [2.45, 2.75) is 0 Å². The highest BCUT2D eigenvalue weighted by molar-refractivity contribution is 5.33.